The molecule has 3 aromatic rings. The number of para-hydroxylation sites is 1. The van der Waals surface area contributed by atoms with Crippen LogP contribution in [0, 0.1) is 0 Å². The number of benzene rings is 3. The molecule has 0 atom stereocenters. The molecule has 3 aromatic carbocycles. The van der Waals surface area contributed by atoms with E-state index in [-0.39, 0.29) is 11.4 Å². The van der Waals surface area contributed by atoms with Gasteiger partial charge in [0.05, 0.1) is 12.0 Å². The number of rotatable bonds is 7. The fraction of sp³-hybridized carbons (Fsp3) is 0.100. The third-order valence-corrected chi connectivity index (χ3v) is 5.13. The number of nitrogens with one attached hydrogen (secondary N) is 1. The van der Waals surface area contributed by atoms with Gasteiger partial charge in [0, 0.05) is 6.54 Å². The van der Waals surface area contributed by atoms with Crippen molar-refractivity contribution in [2.24, 2.45) is 0 Å². The summed E-state index contributed by atoms with van der Waals surface area (Å²) in [4.78, 5) is 0.190. The zero-order chi connectivity index (χ0) is 18.4. The highest BCUT2D eigenvalue weighted by atomic mass is 32.2. The van der Waals surface area contributed by atoms with Crippen molar-refractivity contribution in [1.29, 1.82) is 0 Å². The predicted octanol–water partition coefficient (Wildman–Crippen LogP) is 3.97. The number of methoxy groups -OCH3 is 1. The largest absolute Gasteiger partial charge is 0.497 e. The van der Waals surface area contributed by atoms with Crippen LogP contribution in [0.1, 0.15) is 5.56 Å². The van der Waals surface area contributed by atoms with Crippen molar-refractivity contribution in [2.45, 2.75) is 11.4 Å². The summed E-state index contributed by atoms with van der Waals surface area (Å²) in [5.41, 5.74) is 0.801. The van der Waals surface area contributed by atoms with Crippen LogP contribution in [0.15, 0.2) is 83.8 Å². The molecule has 0 radical (unpaired) electrons. The molecule has 0 aliphatic carbocycles. The normalized spacial score (nSPS) is 11.1. The van der Waals surface area contributed by atoms with Crippen molar-refractivity contribution in [3.8, 4) is 17.2 Å². The van der Waals surface area contributed by atoms with E-state index < -0.39 is 10.0 Å². The highest BCUT2D eigenvalue weighted by Gasteiger charge is 2.13. The van der Waals surface area contributed by atoms with E-state index in [9.17, 15) is 8.42 Å². The molecule has 0 amide bonds. The first-order chi connectivity index (χ1) is 12.6. The molecule has 0 saturated heterocycles. The number of hydrogen-bond donors (Lipinski definition) is 1. The van der Waals surface area contributed by atoms with E-state index in [0.29, 0.717) is 11.5 Å². The average molecular weight is 369 g/mol. The molecule has 0 heterocycles. The molecular formula is C20H19NO4S. The molecule has 26 heavy (non-hydrogen) atoms. The van der Waals surface area contributed by atoms with Crippen LogP contribution in [-0.4, -0.2) is 15.5 Å². The number of sulfonamides is 1. The lowest BCUT2D eigenvalue weighted by Gasteiger charge is -2.10. The minimum Gasteiger partial charge on any atom is -0.497 e. The summed E-state index contributed by atoms with van der Waals surface area (Å²) < 4.78 is 38.2. The van der Waals surface area contributed by atoms with Gasteiger partial charge in [0.2, 0.25) is 10.0 Å². The minimum atomic E-state index is -3.60. The first-order valence-corrected chi connectivity index (χ1v) is 9.51. The molecule has 0 saturated carbocycles. The van der Waals surface area contributed by atoms with Gasteiger partial charge in [0.1, 0.15) is 17.2 Å². The highest BCUT2D eigenvalue weighted by molar-refractivity contribution is 7.89. The molecule has 5 nitrogen and oxygen atoms in total. The molecule has 0 aromatic heterocycles. The lowest BCUT2D eigenvalue weighted by atomic mass is 10.2. The van der Waals surface area contributed by atoms with Gasteiger partial charge in [-0.25, -0.2) is 13.1 Å². The Morgan fingerprint density at radius 1 is 0.808 bits per heavy atom. The van der Waals surface area contributed by atoms with E-state index in [1.165, 1.54) is 19.2 Å². The Bertz CT molecular complexity index is 955. The van der Waals surface area contributed by atoms with Crippen LogP contribution in [0.2, 0.25) is 0 Å². The van der Waals surface area contributed by atoms with Crippen LogP contribution in [0.3, 0.4) is 0 Å². The van der Waals surface area contributed by atoms with Gasteiger partial charge >= 0.3 is 0 Å². The third kappa shape index (κ3) is 4.62. The Labute approximate surface area is 153 Å². The molecule has 0 aliphatic heterocycles. The van der Waals surface area contributed by atoms with Gasteiger partial charge in [0.25, 0.3) is 0 Å². The van der Waals surface area contributed by atoms with Crippen molar-refractivity contribution in [1.82, 2.24) is 4.72 Å². The van der Waals surface area contributed by atoms with E-state index in [1.54, 1.807) is 12.1 Å². The van der Waals surface area contributed by atoms with Gasteiger partial charge < -0.3 is 9.47 Å². The Morgan fingerprint density at radius 3 is 2.19 bits per heavy atom. The van der Waals surface area contributed by atoms with Crippen LogP contribution in [0.4, 0.5) is 0 Å². The maximum Gasteiger partial charge on any atom is 0.240 e. The van der Waals surface area contributed by atoms with Gasteiger partial charge in [-0.3, -0.25) is 0 Å². The summed E-state index contributed by atoms with van der Waals surface area (Å²) >= 11 is 0. The average Bonchev–Trinajstić information content (AvgIpc) is 2.68. The summed E-state index contributed by atoms with van der Waals surface area (Å²) in [6.07, 6.45) is 0. The minimum absolute atomic E-state index is 0.167. The lowest BCUT2D eigenvalue weighted by Crippen LogP contribution is -2.23. The van der Waals surface area contributed by atoms with E-state index >= 15 is 0 Å². The lowest BCUT2D eigenvalue weighted by molar-refractivity contribution is 0.414. The Kier molecular flexibility index (Phi) is 5.55. The topological polar surface area (TPSA) is 64.6 Å². The Balaban J connectivity index is 1.68. The third-order valence-electron chi connectivity index (χ3n) is 3.71. The van der Waals surface area contributed by atoms with E-state index in [1.807, 2.05) is 54.6 Å². The molecule has 134 valence electrons. The van der Waals surface area contributed by atoms with E-state index in [0.717, 1.165) is 11.3 Å². The molecular weight excluding hydrogens is 350 g/mol. The number of ether oxygens (including phenoxy) is 2. The Morgan fingerprint density at radius 2 is 1.50 bits per heavy atom. The second kappa shape index (κ2) is 8.03. The second-order valence-electron chi connectivity index (χ2n) is 5.56. The molecule has 0 bridgehead atoms. The fourth-order valence-corrected chi connectivity index (χ4v) is 3.38. The summed E-state index contributed by atoms with van der Waals surface area (Å²) in [7, 11) is -2.07. The van der Waals surface area contributed by atoms with Gasteiger partial charge in [-0.2, -0.15) is 0 Å². The zero-order valence-electron chi connectivity index (χ0n) is 14.3. The van der Waals surface area contributed by atoms with Crippen molar-refractivity contribution < 1.29 is 17.9 Å². The summed E-state index contributed by atoms with van der Waals surface area (Å²) in [5, 5.41) is 0. The summed E-state index contributed by atoms with van der Waals surface area (Å²) in [6.45, 7) is 0.167. The molecule has 6 heteroatoms. The van der Waals surface area contributed by atoms with E-state index in [2.05, 4.69) is 4.72 Å². The van der Waals surface area contributed by atoms with Crippen LogP contribution in [0.5, 0.6) is 17.2 Å². The second-order valence-corrected chi connectivity index (χ2v) is 7.33. The molecule has 0 spiro atoms. The smallest absolute Gasteiger partial charge is 0.240 e. The SMILES string of the molecule is COc1ccc(S(=O)(=O)NCc2cccc(Oc3ccccc3)c2)cc1. The first-order valence-electron chi connectivity index (χ1n) is 8.02. The monoisotopic (exact) mass is 369 g/mol. The van der Waals surface area contributed by atoms with Crippen molar-refractivity contribution in [3.63, 3.8) is 0 Å². The fourth-order valence-electron chi connectivity index (χ4n) is 2.36. The summed E-state index contributed by atoms with van der Waals surface area (Å²) in [5.74, 6) is 1.98. The van der Waals surface area contributed by atoms with Gasteiger partial charge in [-0.15, -0.1) is 0 Å². The zero-order valence-corrected chi connectivity index (χ0v) is 15.1. The van der Waals surface area contributed by atoms with Crippen LogP contribution in [0.25, 0.3) is 0 Å². The van der Waals surface area contributed by atoms with Gasteiger partial charge in [-0.05, 0) is 54.1 Å². The first kappa shape index (κ1) is 18.0. The van der Waals surface area contributed by atoms with Crippen LogP contribution in [-0.2, 0) is 16.6 Å². The Hall–Kier alpha value is -2.83. The maximum absolute atomic E-state index is 12.4. The summed E-state index contributed by atoms with van der Waals surface area (Å²) in [6, 6.07) is 23.0. The van der Waals surface area contributed by atoms with Crippen LogP contribution >= 0.6 is 0 Å². The quantitative estimate of drug-likeness (QED) is 0.684. The van der Waals surface area contributed by atoms with Gasteiger partial charge in [0.15, 0.2) is 0 Å². The van der Waals surface area contributed by atoms with E-state index in [4.69, 9.17) is 9.47 Å². The highest BCUT2D eigenvalue weighted by Crippen LogP contribution is 2.22. The van der Waals surface area contributed by atoms with Gasteiger partial charge in [-0.1, -0.05) is 30.3 Å². The van der Waals surface area contributed by atoms with Crippen LogP contribution < -0.4 is 14.2 Å². The molecule has 1 N–H and O–H groups in total. The number of hydrogen-bond acceptors (Lipinski definition) is 4. The van der Waals surface area contributed by atoms with Crippen molar-refractivity contribution in [2.75, 3.05) is 7.11 Å². The van der Waals surface area contributed by atoms with Crippen molar-refractivity contribution in [3.05, 3.63) is 84.4 Å². The molecule has 0 aliphatic rings. The maximum atomic E-state index is 12.4. The van der Waals surface area contributed by atoms with Crippen molar-refractivity contribution >= 4 is 10.0 Å². The molecule has 3 rings (SSSR count). The predicted molar refractivity (Wildman–Crippen MR) is 100.0 cm³/mol. The molecule has 0 unspecified atom stereocenters. The molecule has 0 fully saturated rings. The standard InChI is InChI=1S/C20H19NO4S/c1-24-17-10-12-20(13-11-17)26(22,23)21-15-16-6-5-9-19(14-16)25-18-7-3-2-4-8-18/h2-14,21H,15H2,1H3.